The third kappa shape index (κ3) is 2.92. The Morgan fingerprint density at radius 2 is 1.50 bits per heavy atom. The summed E-state index contributed by atoms with van der Waals surface area (Å²) < 4.78 is 0. The molecule has 0 bridgehead atoms. The Morgan fingerprint density at radius 1 is 0.875 bits per heavy atom. The van der Waals surface area contributed by atoms with Crippen molar-refractivity contribution in [2.45, 2.75) is 62.1 Å². The van der Waals surface area contributed by atoms with Gasteiger partial charge in [-0.2, -0.15) is 0 Å². The summed E-state index contributed by atoms with van der Waals surface area (Å²) in [6.45, 7) is 0. The van der Waals surface area contributed by atoms with Gasteiger partial charge in [0.25, 0.3) is 0 Å². The lowest BCUT2D eigenvalue weighted by Crippen LogP contribution is -2.34. The number of halogens is 2. The molecule has 2 aliphatic carbocycles. The molecule has 0 aromatic carbocycles. The number of Topliss-reactive ketones (excluding diaryl/α,β-unsaturated/α-hetero) is 1. The Kier molecular flexibility index (Phi) is 4.55. The van der Waals surface area contributed by atoms with Crippen molar-refractivity contribution in [3.05, 3.63) is 0 Å². The van der Waals surface area contributed by atoms with E-state index in [1.807, 2.05) is 0 Å². The molecule has 92 valence electrons. The first kappa shape index (κ1) is 12.7. The van der Waals surface area contributed by atoms with E-state index in [4.69, 9.17) is 23.2 Å². The summed E-state index contributed by atoms with van der Waals surface area (Å²) in [6.07, 6.45) is 8.34. The van der Waals surface area contributed by atoms with E-state index in [-0.39, 0.29) is 17.2 Å². The van der Waals surface area contributed by atoms with Gasteiger partial charge in [-0.3, -0.25) is 4.79 Å². The van der Waals surface area contributed by atoms with Crippen LogP contribution in [0.3, 0.4) is 0 Å². The first-order valence-electron chi connectivity index (χ1n) is 6.50. The summed E-state index contributed by atoms with van der Waals surface area (Å²) in [6, 6.07) is 0. The average molecular weight is 263 g/mol. The maximum Gasteiger partial charge on any atom is 0.140 e. The van der Waals surface area contributed by atoms with Crippen LogP contribution >= 0.6 is 23.2 Å². The molecule has 0 aromatic heterocycles. The number of rotatable bonds is 2. The Balaban J connectivity index is 1.90. The van der Waals surface area contributed by atoms with Crippen LogP contribution in [0.25, 0.3) is 0 Å². The van der Waals surface area contributed by atoms with Gasteiger partial charge in [-0.15, -0.1) is 23.2 Å². The lowest BCUT2D eigenvalue weighted by molar-refractivity contribution is -0.128. The summed E-state index contributed by atoms with van der Waals surface area (Å²) in [5.41, 5.74) is 0. The zero-order valence-corrected chi connectivity index (χ0v) is 11.1. The smallest absolute Gasteiger partial charge is 0.140 e. The third-order valence-corrected chi connectivity index (χ3v) is 5.06. The fourth-order valence-corrected chi connectivity index (χ4v) is 3.70. The topological polar surface area (TPSA) is 17.1 Å². The Bertz CT molecular complexity index is 246. The minimum atomic E-state index is 0.0926. The van der Waals surface area contributed by atoms with E-state index < -0.39 is 0 Å². The molecule has 0 aromatic rings. The van der Waals surface area contributed by atoms with Crippen LogP contribution in [0.4, 0.5) is 0 Å². The lowest BCUT2D eigenvalue weighted by Gasteiger charge is -2.31. The molecule has 2 saturated carbocycles. The van der Waals surface area contributed by atoms with E-state index in [9.17, 15) is 4.79 Å². The van der Waals surface area contributed by atoms with Gasteiger partial charge in [0.2, 0.25) is 0 Å². The van der Waals surface area contributed by atoms with Crippen LogP contribution in [0.5, 0.6) is 0 Å². The Labute approximate surface area is 108 Å². The standard InChI is InChI=1S/C13H20Cl2O/c14-10-7-5-9(6-8-10)13(16)11-3-1-2-4-12(11)15/h9-12H,1-8H2. The summed E-state index contributed by atoms with van der Waals surface area (Å²) in [7, 11) is 0. The SMILES string of the molecule is O=C(C1CCC(Cl)CC1)C1CCCCC1Cl. The van der Waals surface area contributed by atoms with Gasteiger partial charge in [0.1, 0.15) is 5.78 Å². The van der Waals surface area contributed by atoms with Crippen LogP contribution in [-0.4, -0.2) is 16.5 Å². The molecule has 16 heavy (non-hydrogen) atoms. The molecule has 0 aliphatic heterocycles. The fourth-order valence-electron chi connectivity index (χ4n) is 3.05. The summed E-state index contributed by atoms with van der Waals surface area (Å²) in [5.74, 6) is 0.815. The highest BCUT2D eigenvalue weighted by Crippen LogP contribution is 2.36. The number of carbonyl (C=O) groups excluding carboxylic acids is 1. The lowest BCUT2D eigenvalue weighted by atomic mass is 9.76. The van der Waals surface area contributed by atoms with Crippen LogP contribution in [0, 0.1) is 11.8 Å². The molecule has 2 unspecified atom stereocenters. The van der Waals surface area contributed by atoms with Gasteiger partial charge in [0, 0.05) is 22.6 Å². The largest absolute Gasteiger partial charge is 0.299 e. The van der Waals surface area contributed by atoms with Crippen LogP contribution in [0.2, 0.25) is 0 Å². The zero-order chi connectivity index (χ0) is 11.5. The first-order valence-corrected chi connectivity index (χ1v) is 7.37. The van der Waals surface area contributed by atoms with Crippen molar-refractivity contribution in [3.63, 3.8) is 0 Å². The van der Waals surface area contributed by atoms with Crippen molar-refractivity contribution in [2.75, 3.05) is 0 Å². The van der Waals surface area contributed by atoms with E-state index in [0.29, 0.717) is 11.2 Å². The summed E-state index contributed by atoms with van der Waals surface area (Å²) >= 11 is 12.3. The van der Waals surface area contributed by atoms with Crippen molar-refractivity contribution >= 4 is 29.0 Å². The quantitative estimate of drug-likeness (QED) is 0.684. The van der Waals surface area contributed by atoms with Crippen LogP contribution in [-0.2, 0) is 4.79 Å². The molecule has 0 saturated heterocycles. The number of hydrogen-bond donors (Lipinski definition) is 0. The highest BCUT2D eigenvalue weighted by Gasteiger charge is 2.35. The highest BCUT2D eigenvalue weighted by molar-refractivity contribution is 6.22. The van der Waals surface area contributed by atoms with Gasteiger partial charge in [-0.05, 0) is 38.5 Å². The predicted molar refractivity (Wildman–Crippen MR) is 68.2 cm³/mol. The molecule has 2 aliphatic rings. The maximum atomic E-state index is 12.3. The second kappa shape index (κ2) is 5.73. The van der Waals surface area contributed by atoms with Gasteiger partial charge in [0.15, 0.2) is 0 Å². The van der Waals surface area contributed by atoms with E-state index in [2.05, 4.69) is 0 Å². The second-order valence-electron chi connectivity index (χ2n) is 5.26. The van der Waals surface area contributed by atoms with Crippen LogP contribution in [0.15, 0.2) is 0 Å². The number of ketones is 1. The van der Waals surface area contributed by atoms with Gasteiger partial charge in [0.05, 0.1) is 0 Å². The monoisotopic (exact) mass is 262 g/mol. The highest BCUT2D eigenvalue weighted by atomic mass is 35.5. The second-order valence-corrected chi connectivity index (χ2v) is 6.44. The molecule has 2 atom stereocenters. The molecular formula is C13H20Cl2O. The molecule has 3 heteroatoms. The molecular weight excluding hydrogens is 243 g/mol. The van der Waals surface area contributed by atoms with E-state index in [1.54, 1.807) is 0 Å². The minimum Gasteiger partial charge on any atom is -0.299 e. The first-order chi connectivity index (χ1) is 7.68. The van der Waals surface area contributed by atoms with Crippen molar-refractivity contribution in [1.29, 1.82) is 0 Å². The maximum absolute atomic E-state index is 12.3. The molecule has 0 amide bonds. The predicted octanol–water partition coefficient (Wildman–Crippen LogP) is 4.15. The summed E-state index contributed by atoms with van der Waals surface area (Å²) in [4.78, 5) is 12.3. The number of carbonyl (C=O) groups is 1. The minimum absolute atomic E-state index is 0.0926. The van der Waals surface area contributed by atoms with Gasteiger partial charge >= 0.3 is 0 Å². The Hall–Kier alpha value is 0.250. The fraction of sp³-hybridized carbons (Fsp3) is 0.923. The van der Waals surface area contributed by atoms with Crippen LogP contribution in [0.1, 0.15) is 51.4 Å². The van der Waals surface area contributed by atoms with Gasteiger partial charge in [-0.25, -0.2) is 0 Å². The molecule has 2 rings (SSSR count). The number of hydrogen-bond acceptors (Lipinski definition) is 1. The van der Waals surface area contributed by atoms with Crippen molar-refractivity contribution < 1.29 is 4.79 Å². The van der Waals surface area contributed by atoms with E-state index in [1.165, 1.54) is 12.8 Å². The van der Waals surface area contributed by atoms with Crippen molar-refractivity contribution in [3.8, 4) is 0 Å². The normalized spacial score (nSPS) is 40.6. The number of alkyl halides is 2. The third-order valence-electron chi connectivity index (χ3n) is 4.11. The van der Waals surface area contributed by atoms with Gasteiger partial charge < -0.3 is 0 Å². The molecule has 0 N–H and O–H groups in total. The molecule has 1 nitrogen and oxygen atoms in total. The molecule has 0 spiro atoms. The van der Waals surface area contributed by atoms with Crippen LogP contribution < -0.4 is 0 Å². The van der Waals surface area contributed by atoms with Crippen molar-refractivity contribution in [1.82, 2.24) is 0 Å². The van der Waals surface area contributed by atoms with E-state index in [0.717, 1.165) is 38.5 Å². The average Bonchev–Trinajstić information content (AvgIpc) is 2.30. The molecule has 0 radical (unpaired) electrons. The molecule has 0 heterocycles. The zero-order valence-electron chi connectivity index (χ0n) is 9.63. The Morgan fingerprint density at radius 3 is 2.12 bits per heavy atom. The molecule has 2 fully saturated rings. The van der Waals surface area contributed by atoms with Crippen molar-refractivity contribution in [2.24, 2.45) is 11.8 Å². The van der Waals surface area contributed by atoms with E-state index >= 15 is 0 Å². The summed E-state index contributed by atoms with van der Waals surface area (Å²) in [5, 5.41) is 0.386. The van der Waals surface area contributed by atoms with Gasteiger partial charge in [-0.1, -0.05) is 12.8 Å².